The molecule has 1 amide bonds. The van der Waals surface area contributed by atoms with Gasteiger partial charge in [-0.1, -0.05) is 42.5 Å². The average Bonchev–Trinajstić information content (AvgIpc) is 3.35. The number of likely N-dealkylation sites (tertiary alicyclic amines) is 1. The van der Waals surface area contributed by atoms with E-state index >= 15 is 0 Å². The minimum atomic E-state index is 0.326. The number of allylic oxidation sites excluding steroid dienone is 2. The molecule has 136 valence electrons. The number of rotatable bonds is 5. The molecule has 0 radical (unpaired) electrons. The Kier molecular flexibility index (Phi) is 5.19. The molecule has 1 unspecified atom stereocenters. The van der Waals surface area contributed by atoms with E-state index in [1.807, 2.05) is 6.07 Å². The molecule has 1 aliphatic heterocycles. The third-order valence-corrected chi connectivity index (χ3v) is 5.70. The van der Waals surface area contributed by atoms with Gasteiger partial charge < -0.3 is 4.90 Å². The van der Waals surface area contributed by atoms with Crippen molar-refractivity contribution in [3.05, 3.63) is 65.5 Å². The molecule has 0 saturated carbocycles. The van der Waals surface area contributed by atoms with Crippen molar-refractivity contribution in [3.8, 4) is 0 Å². The van der Waals surface area contributed by atoms with Gasteiger partial charge in [-0.2, -0.15) is 5.10 Å². The molecule has 4 heteroatoms. The van der Waals surface area contributed by atoms with Crippen molar-refractivity contribution in [1.29, 1.82) is 0 Å². The molecule has 1 aliphatic carbocycles. The average molecular weight is 349 g/mol. The molecule has 1 fully saturated rings. The van der Waals surface area contributed by atoms with E-state index < -0.39 is 0 Å². The molecule has 1 aromatic carbocycles. The Morgan fingerprint density at radius 3 is 2.69 bits per heavy atom. The Hall–Kier alpha value is -2.36. The van der Waals surface area contributed by atoms with Crippen LogP contribution in [0.5, 0.6) is 0 Å². The predicted molar refractivity (Wildman–Crippen MR) is 103 cm³/mol. The molecule has 1 atom stereocenters. The van der Waals surface area contributed by atoms with Gasteiger partial charge in [-0.15, -0.1) is 0 Å². The highest BCUT2D eigenvalue weighted by Crippen LogP contribution is 2.29. The van der Waals surface area contributed by atoms with Crippen LogP contribution in [0.15, 0.2) is 48.6 Å². The highest BCUT2D eigenvalue weighted by Gasteiger charge is 2.26. The molecule has 0 bridgehead atoms. The van der Waals surface area contributed by atoms with Gasteiger partial charge >= 0.3 is 0 Å². The number of aromatic nitrogens is 2. The monoisotopic (exact) mass is 349 g/mol. The molecule has 4 nitrogen and oxygen atoms in total. The zero-order chi connectivity index (χ0) is 17.8. The molecule has 1 saturated heterocycles. The summed E-state index contributed by atoms with van der Waals surface area (Å²) in [6.45, 7) is 1.72. The lowest BCUT2D eigenvalue weighted by atomic mass is 9.92. The van der Waals surface area contributed by atoms with E-state index in [2.05, 4.69) is 57.6 Å². The van der Waals surface area contributed by atoms with E-state index in [0.717, 1.165) is 56.6 Å². The van der Waals surface area contributed by atoms with Crippen molar-refractivity contribution >= 4 is 5.91 Å². The fourth-order valence-corrected chi connectivity index (χ4v) is 4.14. The van der Waals surface area contributed by atoms with E-state index in [4.69, 9.17) is 0 Å². The third-order valence-electron chi connectivity index (χ3n) is 5.70. The number of carbonyl (C=O) groups is 1. The molecule has 26 heavy (non-hydrogen) atoms. The molecule has 1 N–H and O–H groups in total. The van der Waals surface area contributed by atoms with Crippen LogP contribution < -0.4 is 0 Å². The van der Waals surface area contributed by atoms with Crippen LogP contribution in [0.3, 0.4) is 0 Å². The lowest BCUT2D eigenvalue weighted by Crippen LogP contribution is -2.38. The first-order chi connectivity index (χ1) is 12.8. The number of piperidine rings is 1. The molecular formula is C22H27N3O. The van der Waals surface area contributed by atoms with Crippen LogP contribution in [0.1, 0.15) is 55.0 Å². The largest absolute Gasteiger partial charge is 0.343 e. The van der Waals surface area contributed by atoms with Gasteiger partial charge in [-0.25, -0.2) is 0 Å². The Morgan fingerprint density at radius 1 is 1.15 bits per heavy atom. The van der Waals surface area contributed by atoms with Crippen molar-refractivity contribution in [2.24, 2.45) is 5.92 Å². The summed E-state index contributed by atoms with van der Waals surface area (Å²) >= 11 is 0. The van der Waals surface area contributed by atoms with Crippen molar-refractivity contribution < 1.29 is 4.79 Å². The lowest BCUT2D eigenvalue weighted by molar-refractivity contribution is -0.132. The molecule has 2 aromatic rings. The van der Waals surface area contributed by atoms with E-state index in [1.165, 1.54) is 5.56 Å². The topological polar surface area (TPSA) is 49.0 Å². The Morgan fingerprint density at radius 2 is 1.96 bits per heavy atom. The highest BCUT2D eigenvalue weighted by molar-refractivity contribution is 5.76. The molecule has 4 rings (SSSR count). The van der Waals surface area contributed by atoms with Crippen LogP contribution in [0.25, 0.3) is 0 Å². The van der Waals surface area contributed by atoms with Crippen molar-refractivity contribution in [2.75, 3.05) is 13.1 Å². The molecule has 2 aliphatic rings. The number of hydrogen-bond donors (Lipinski definition) is 1. The van der Waals surface area contributed by atoms with Crippen LogP contribution in [0.2, 0.25) is 0 Å². The summed E-state index contributed by atoms with van der Waals surface area (Å²) in [7, 11) is 0. The minimum Gasteiger partial charge on any atom is -0.343 e. The van der Waals surface area contributed by atoms with E-state index in [9.17, 15) is 4.79 Å². The standard InChI is InChI=1S/C22H27N3O/c26-22(15-18-8-4-5-9-18)25-12-10-19(11-13-25)21-16-20(23-24-21)14-17-6-2-1-3-7-17/h1-4,6-8,16,18-19H,5,9-15H2,(H,23,24). The Labute approximate surface area is 155 Å². The van der Waals surface area contributed by atoms with E-state index in [-0.39, 0.29) is 0 Å². The lowest BCUT2D eigenvalue weighted by Gasteiger charge is -2.31. The highest BCUT2D eigenvalue weighted by atomic mass is 16.2. The van der Waals surface area contributed by atoms with Crippen LogP contribution in [0, 0.1) is 5.92 Å². The molecule has 2 heterocycles. The number of hydrogen-bond acceptors (Lipinski definition) is 2. The van der Waals surface area contributed by atoms with Gasteiger partial charge in [0.1, 0.15) is 0 Å². The number of carbonyl (C=O) groups excluding carboxylic acids is 1. The van der Waals surface area contributed by atoms with Gasteiger partial charge in [0.15, 0.2) is 0 Å². The zero-order valence-corrected chi connectivity index (χ0v) is 15.2. The number of amides is 1. The summed E-state index contributed by atoms with van der Waals surface area (Å²) in [5.74, 6) is 1.25. The number of nitrogens with zero attached hydrogens (tertiary/aromatic N) is 2. The summed E-state index contributed by atoms with van der Waals surface area (Å²) in [5, 5.41) is 7.75. The summed E-state index contributed by atoms with van der Waals surface area (Å²) in [6.07, 6.45) is 10.3. The first-order valence-electron chi connectivity index (χ1n) is 9.80. The Bertz CT molecular complexity index is 757. The fourth-order valence-electron chi connectivity index (χ4n) is 4.14. The summed E-state index contributed by atoms with van der Waals surface area (Å²) < 4.78 is 0. The second-order valence-electron chi connectivity index (χ2n) is 7.61. The van der Waals surface area contributed by atoms with Gasteiger partial charge in [0, 0.05) is 37.5 Å². The van der Waals surface area contributed by atoms with Gasteiger partial charge in [0.05, 0.1) is 5.69 Å². The first-order valence-corrected chi connectivity index (χ1v) is 9.80. The minimum absolute atomic E-state index is 0.326. The summed E-state index contributed by atoms with van der Waals surface area (Å²) in [5.41, 5.74) is 3.61. The van der Waals surface area contributed by atoms with Gasteiger partial charge in [0.2, 0.25) is 5.91 Å². The molecule has 0 spiro atoms. The maximum Gasteiger partial charge on any atom is 0.223 e. The quantitative estimate of drug-likeness (QED) is 0.828. The smallest absolute Gasteiger partial charge is 0.223 e. The number of nitrogens with one attached hydrogen (secondary N) is 1. The Balaban J connectivity index is 1.29. The summed E-state index contributed by atoms with van der Waals surface area (Å²) in [6, 6.07) is 12.7. The second kappa shape index (κ2) is 7.90. The first kappa shape index (κ1) is 17.1. The third kappa shape index (κ3) is 4.06. The number of benzene rings is 1. The summed E-state index contributed by atoms with van der Waals surface area (Å²) in [4.78, 5) is 14.5. The predicted octanol–water partition coefficient (Wildman–Crippen LogP) is 4.06. The SMILES string of the molecule is O=C(CC1C=CCC1)N1CCC(c2cc(Cc3ccccc3)[nH]n2)CC1. The van der Waals surface area contributed by atoms with Crippen molar-refractivity contribution in [2.45, 2.75) is 44.4 Å². The van der Waals surface area contributed by atoms with Crippen LogP contribution in [-0.4, -0.2) is 34.1 Å². The molecular weight excluding hydrogens is 322 g/mol. The molecule has 1 aromatic heterocycles. The number of aromatic amines is 1. The van der Waals surface area contributed by atoms with E-state index in [1.54, 1.807) is 0 Å². The van der Waals surface area contributed by atoms with Gasteiger partial charge in [-0.3, -0.25) is 9.89 Å². The second-order valence-corrected chi connectivity index (χ2v) is 7.61. The van der Waals surface area contributed by atoms with E-state index in [0.29, 0.717) is 24.2 Å². The van der Waals surface area contributed by atoms with Crippen LogP contribution in [0.4, 0.5) is 0 Å². The maximum absolute atomic E-state index is 12.5. The van der Waals surface area contributed by atoms with Crippen molar-refractivity contribution in [3.63, 3.8) is 0 Å². The van der Waals surface area contributed by atoms with Gasteiger partial charge in [0.25, 0.3) is 0 Å². The number of H-pyrrole nitrogens is 1. The maximum atomic E-state index is 12.5. The van der Waals surface area contributed by atoms with Gasteiger partial charge in [-0.05, 0) is 43.2 Å². The zero-order valence-electron chi connectivity index (χ0n) is 15.2. The van der Waals surface area contributed by atoms with Crippen molar-refractivity contribution in [1.82, 2.24) is 15.1 Å². The fraction of sp³-hybridized carbons (Fsp3) is 0.455. The van der Waals surface area contributed by atoms with Crippen LogP contribution in [-0.2, 0) is 11.2 Å². The normalized spacial score (nSPS) is 20.6. The van der Waals surface area contributed by atoms with Crippen LogP contribution >= 0.6 is 0 Å².